The third-order valence-corrected chi connectivity index (χ3v) is 4.79. The summed E-state index contributed by atoms with van der Waals surface area (Å²) < 4.78 is 0. The lowest BCUT2D eigenvalue weighted by molar-refractivity contribution is -0.138. The third-order valence-electron chi connectivity index (χ3n) is 4.79. The summed E-state index contributed by atoms with van der Waals surface area (Å²) in [6.45, 7) is 11.4. The second kappa shape index (κ2) is 13.0. The molecule has 0 aromatic carbocycles. The van der Waals surface area contributed by atoms with Gasteiger partial charge in [-0.3, -0.25) is 4.79 Å². The highest BCUT2D eigenvalue weighted by Crippen LogP contribution is 2.22. The van der Waals surface area contributed by atoms with Crippen molar-refractivity contribution >= 4 is 5.97 Å². The molecule has 0 heterocycles. The van der Waals surface area contributed by atoms with E-state index in [1.54, 1.807) is 0 Å². The molecule has 0 bridgehead atoms. The van der Waals surface area contributed by atoms with E-state index in [0.29, 0.717) is 12.3 Å². The van der Waals surface area contributed by atoms with Crippen LogP contribution in [0.25, 0.3) is 0 Å². The van der Waals surface area contributed by atoms with E-state index in [4.69, 9.17) is 5.11 Å². The van der Waals surface area contributed by atoms with Gasteiger partial charge in [-0.25, -0.2) is 0 Å². The summed E-state index contributed by atoms with van der Waals surface area (Å²) in [5, 5.41) is 8.75. The van der Waals surface area contributed by atoms with Crippen molar-refractivity contribution in [2.45, 2.75) is 98.8 Å². The SMILES string of the molecule is CC(C)CCCC(C)CCCC(C)CCC[C@H](C)CC(=O)O. The molecule has 22 heavy (non-hydrogen) atoms. The van der Waals surface area contributed by atoms with Gasteiger partial charge in [-0.2, -0.15) is 0 Å². The van der Waals surface area contributed by atoms with Crippen molar-refractivity contribution in [2.75, 3.05) is 0 Å². The van der Waals surface area contributed by atoms with Gasteiger partial charge in [0, 0.05) is 6.42 Å². The molecule has 2 unspecified atom stereocenters. The van der Waals surface area contributed by atoms with Crippen LogP contribution in [0.15, 0.2) is 0 Å². The van der Waals surface area contributed by atoms with Crippen LogP contribution >= 0.6 is 0 Å². The van der Waals surface area contributed by atoms with Gasteiger partial charge in [-0.15, -0.1) is 0 Å². The van der Waals surface area contributed by atoms with Gasteiger partial charge in [0.25, 0.3) is 0 Å². The van der Waals surface area contributed by atoms with Crippen LogP contribution in [-0.2, 0) is 4.79 Å². The maximum Gasteiger partial charge on any atom is 0.303 e. The first-order chi connectivity index (χ1) is 10.3. The summed E-state index contributed by atoms with van der Waals surface area (Å²) in [6, 6.07) is 0. The molecule has 0 aromatic heterocycles. The van der Waals surface area contributed by atoms with Crippen LogP contribution in [0, 0.1) is 23.7 Å². The van der Waals surface area contributed by atoms with Crippen LogP contribution in [0.1, 0.15) is 98.8 Å². The Morgan fingerprint density at radius 3 is 1.41 bits per heavy atom. The highest BCUT2D eigenvalue weighted by Gasteiger charge is 2.09. The number of aliphatic carboxylic acids is 1. The molecular formula is C20H40O2. The first-order valence-corrected chi connectivity index (χ1v) is 9.53. The van der Waals surface area contributed by atoms with Crippen molar-refractivity contribution in [1.29, 1.82) is 0 Å². The molecule has 0 rings (SSSR count). The minimum atomic E-state index is -0.660. The Morgan fingerprint density at radius 2 is 1.05 bits per heavy atom. The zero-order valence-electron chi connectivity index (χ0n) is 15.7. The van der Waals surface area contributed by atoms with E-state index in [0.717, 1.165) is 24.2 Å². The topological polar surface area (TPSA) is 37.3 Å². The number of carboxylic acids is 1. The predicted octanol–water partition coefficient (Wildman–Crippen LogP) is 6.54. The van der Waals surface area contributed by atoms with Gasteiger partial charge in [-0.05, 0) is 23.7 Å². The van der Waals surface area contributed by atoms with Crippen molar-refractivity contribution in [1.82, 2.24) is 0 Å². The highest BCUT2D eigenvalue weighted by molar-refractivity contribution is 5.66. The van der Waals surface area contributed by atoms with E-state index >= 15 is 0 Å². The fourth-order valence-electron chi connectivity index (χ4n) is 3.19. The van der Waals surface area contributed by atoms with Crippen molar-refractivity contribution in [2.24, 2.45) is 23.7 Å². The highest BCUT2D eigenvalue weighted by atomic mass is 16.4. The number of carboxylic acid groups (broad SMARTS) is 1. The van der Waals surface area contributed by atoms with Crippen LogP contribution in [-0.4, -0.2) is 11.1 Å². The largest absolute Gasteiger partial charge is 0.481 e. The van der Waals surface area contributed by atoms with Crippen LogP contribution in [0.3, 0.4) is 0 Å². The maximum absolute atomic E-state index is 10.6. The minimum Gasteiger partial charge on any atom is -0.481 e. The Labute approximate surface area is 139 Å². The molecule has 2 nitrogen and oxygen atoms in total. The number of carbonyl (C=O) groups is 1. The molecule has 3 atom stereocenters. The lowest BCUT2D eigenvalue weighted by atomic mass is 9.91. The van der Waals surface area contributed by atoms with Gasteiger partial charge in [0.05, 0.1) is 0 Å². The van der Waals surface area contributed by atoms with Crippen LogP contribution in [0.2, 0.25) is 0 Å². The van der Waals surface area contributed by atoms with Gasteiger partial charge >= 0.3 is 5.97 Å². The molecule has 0 fully saturated rings. The molecule has 0 saturated carbocycles. The van der Waals surface area contributed by atoms with Crippen LogP contribution < -0.4 is 0 Å². The van der Waals surface area contributed by atoms with Gasteiger partial charge in [0.2, 0.25) is 0 Å². The molecule has 0 aromatic rings. The molecule has 1 N–H and O–H groups in total. The first-order valence-electron chi connectivity index (χ1n) is 9.53. The Bertz CT molecular complexity index is 273. The van der Waals surface area contributed by atoms with E-state index in [9.17, 15) is 4.79 Å². The molecule has 0 saturated heterocycles. The molecule has 0 aliphatic rings. The van der Waals surface area contributed by atoms with Gasteiger partial charge in [0.15, 0.2) is 0 Å². The zero-order chi connectivity index (χ0) is 17.0. The van der Waals surface area contributed by atoms with E-state index in [2.05, 4.69) is 34.6 Å². The smallest absolute Gasteiger partial charge is 0.303 e. The quantitative estimate of drug-likeness (QED) is 0.395. The first kappa shape index (κ1) is 21.5. The molecular weight excluding hydrogens is 272 g/mol. The van der Waals surface area contributed by atoms with Crippen molar-refractivity contribution in [3.05, 3.63) is 0 Å². The summed E-state index contributed by atoms with van der Waals surface area (Å²) >= 11 is 0. The van der Waals surface area contributed by atoms with Crippen molar-refractivity contribution in [3.8, 4) is 0 Å². The predicted molar refractivity (Wildman–Crippen MR) is 96.1 cm³/mol. The van der Waals surface area contributed by atoms with Crippen LogP contribution in [0.4, 0.5) is 0 Å². The standard InChI is InChI=1S/C20H40O2/c1-16(2)9-6-10-17(3)11-7-12-18(4)13-8-14-19(5)15-20(21)22/h16-19H,6-15H2,1-5H3,(H,21,22)/t17?,18?,19-/m0/s1. The Balaban J connectivity index is 3.52. The Hall–Kier alpha value is -0.530. The van der Waals surface area contributed by atoms with Crippen molar-refractivity contribution in [3.63, 3.8) is 0 Å². The molecule has 2 heteroatoms. The minimum absolute atomic E-state index is 0.322. The summed E-state index contributed by atoms with van der Waals surface area (Å²) in [6.07, 6.45) is 12.0. The summed E-state index contributed by atoms with van der Waals surface area (Å²) in [5.41, 5.74) is 0. The molecule has 0 spiro atoms. The normalized spacial score (nSPS) is 15.7. The van der Waals surface area contributed by atoms with E-state index in [-0.39, 0.29) is 0 Å². The fraction of sp³-hybridized carbons (Fsp3) is 0.950. The zero-order valence-corrected chi connectivity index (χ0v) is 15.7. The molecule has 0 aliphatic heterocycles. The maximum atomic E-state index is 10.6. The number of rotatable bonds is 14. The summed E-state index contributed by atoms with van der Waals surface area (Å²) in [7, 11) is 0. The lowest BCUT2D eigenvalue weighted by Gasteiger charge is -2.15. The molecule has 132 valence electrons. The molecule has 0 radical (unpaired) electrons. The van der Waals surface area contributed by atoms with Gasteiger partial charge in [0.1, 0.15) is 0 Å². The lowest BCUT2D eigenvalue weighted by Crippen LogP contribution is -2.05. The van der Waals surface area contributed by atoms with Gasteiger partial charge in [-0.1, -0.05) is 92.4 Å². The van der Waals surface area contributed by atoms with Crippen LogP contribution in [0.5, 0.6) is 0 Å². The van der Waals surface area contributed by atoms with E-state index in [1.165, 1.54) is 51.4 Å². The number of hydrogen-bond donors (Lipinski definition) is 1. The van der Waals surface area contributed by atoms with Gasteiger partial charge < -0.3 is 5.11 Å². The second-order valence-electron chi connectivity index (χ2n) is 8.10. The number of hydrogen-bond acceptors (Lipinski definition) is 1. The average Bonchev–Trinajstić information content (AvgIpc) is 2.37. The van der Waals surface area contributed by atoms with E-state index in [1.807, 2.05) is 0 Å². The second-order valence-corrected chi connectivity index (χ2v) is 8.10. The summed E-state index contributed by atoms with van der Waals surface area (Å²) in [5.74, 6) is 2.18. The summed E-state index contributed by atoms with van der Waals surface area (Å²) in [4.78, 5) is 10.6. The average molecular weight is 313 g/mol. The fourth-order valence-corrected chi connectivity index (χ4v) is 3.19. The van der Waals surface area contributed by atoms with Crippen molar-refractivity contribution < 1.29 is 9.90 Å². The molecule has 0 aliphatic carbocycles. The van der Waals surface area contributed by atoms with E-state index < -0.39 is 5.97 Å². The molecule has 0 amide bonds. The Kier molecular flexibility index (Phi) is 12.6. The Morgan fingerprint density at radius 1 is 0.682 bits per heavy atom. The monoisotopic (exact) mass is 312 g/mol. The third kappa shape index (κ3) is 14.4.